The Bertz CT molecular complexity index is 280. The number of hydrogen-bond acceptors (Lipinski definition) is 2. The number of hydrogen-bond donors (Lipinski definition) is 1. The molecule has 2 N–H and O–H groups in total. The van der Waals surface area contributed by atoms with E-state index in [0.717, 1.165) is 10.2 Å². The van der Waals surface area contributed by atoms with Crippen LogP contribution in [0, 0.1) is 0 Å². The molecule has 0 saturated carbocycles. The molecule has 0 saturated heterocycles. The summed E-state index contributed by atoms with van der Waals surface area (Å²) in [5, 5.41) is 0. The maximum atomic E-state index is 5.78. The van der Waals surface area contributed by atoms with Gasteiger partial charge in [-0.2, -0.15) is 0 Å². The Morgan fingerprint density at radius 2 is 2.15 bits per heavy atom. The van der Waals surface area contributed by atoms with Crippen LogP contribution in [0.1, 0.15) is 13.8 Å². The van der Waals surface area contributed by atoms with Gasteiger partial charge >= 0.3 is 0 Å². The molecule has 1 aromatic rings. The third-order valence-electron chi connectivity index (χ3n) is 1.41. The van der Waals surface area contributed by atoms with Crippen LogP contribution in [-0.2, 0) is 0 Å². The molecule has 3 heteroatoms. The van der Waals surface area contributed by atoms with Crippen molar-refractivity contribution in [3.8, 4) is 5.75 Å². The lowest BCUT2D eigenvalue weighted by Gasteiger charge is -2.18. The van der Waals surface area contributed by atoms with Crippen LogP contribution in [0.15, 0.2) is 28.7 Å². The van der Waals surface area contributed by atoms with Crippen LogP contribution in [0.3, 0.4) is 0 Å². The first-order valence-corrected chi connectivity index (χ1v) is 4.94. The minimum absolute atomic E-state index is 0.289. The predicted molar refractivity (Wildman–Crippen MR) is 57.9 cm³/mol. The molecular formula is C10H14BrNO. The van der Waals surface area contributed by atoms with Crippen molar-refractivity contribution in [3.63, 3.8) is 0 Å². The Hall–Kier alpha value is -0.540. The van der Waals surface area contributed by atoms with E-state index in [1.54, 1.807) is 0 Å². The Morgan fingerprint density at radius 3 is 2.69 bits per heavy atom. The minimum atomic E-state index is -0.289. The molecule has 0 aromatic heterocycles. The lowest BCUT2D eigenvalue weighted by molar-refractivity contribution is 0.243. The van der Waals surface area contributed by atoms with E-state index in [1.165, 1.54) is 0 Å². The summed E-state index contributed by atoms with van der Waals surface area (Å²) in [4.78, 5) is 0. The number of benzene rings is 1. The van der Waals surface area contributed by atoms with E-state index in [9.17, 15) is 0 Å². The second kappa shape index (κ2) is 4.11. The number of rotatable bonds is 3. The molecule has 0 aliphatic carbocycles. The molecule has 2 nitrogen and oxygen atoms in total. The summed E-state index contributed by atoms with van der Waals surface area (Å²) in [6.45, 7) is 4.39. The van der Waals surface area contributed by atoms with Crippen molar-refractivity contribution in [2.45, 2.75) is 19.4 Å². The van der Waals surface area contributed by atoms with Gasteiger partial charge in [0.05, 0.1) is 0 Å². The lowest BCUT2D eigenvalue weighted by Crippen LogP contribution is -2.38. The van der Waals surface area contributed by atoms with E-state index in [-0.39, 0.29) is 5.54 Å². The predicted octanol–water partition coefficient (Wildman–Crippen LogP) is 2.57. The highest BCUT2D eigenvalue weighted by atomic mass is 79.9. The zero-order valence-corrected chi connectivity index (χ0v) is 9.47. The average molecular weight is 244 g/mol. The molecule has 0 atom stereocenters. The third kappa shape index (κ3) is 4.29. The van der Waals surface area contributed by atoms with Gasteiger partial charge < -0.3 is 10.5 Å². The van der Waals surface area contributed by atoms with Gasteiger partial charge in [-0.05, 0) is 32.0 Å². The third-order valence-corrected chi connectivity index (χ3v) is 1.90. The Labute approximate surface area is 87.2 Å². The highest BCUT2D eigenvalue weighted by Gasteiger charge is 2.11. The van der Waals surface area contributed by atoms with Gasteiger partial charge in [-0.25, -0.2) is 0 Å². The minimum Gasteiger partial charge on any atom is -0.492 e. The van der Waals surface area contributed by atoms with Gasteiger partial charge in [-0.3, -0.25) is 0 Å². The van der Waals surface area contributed by atoms with E-state index in [4.69, 9.17) is 10.5 Å². The second-order valence-corrected chi connectivity index (χ2v) is 4.65. The molecule has 0 amide bonds. The van der Waals surface area contributed by atoms with Crippen molar-refractivity contribution in [1.29, 1.82) is 0 Å². The van der Waals surface area contributed by atoms with Crippen molar-refractivity contribution < 1.29 is 4.74 Å². The molecule has 72 valence electrons. The van der Waals surface area contributed by atoms with Gasteiger partial charge in [0, 0.05) is 10.0 Å². The molecule has 1 aromatic carbocycles. The molecular weight excluding hydrogens is 230 g/mol. The molecule has 0 unspecified atom stereocenters. The molecule has 1 rings (SSSR count). The van der Waals surface area contributed by atoms with Crippen molar-refractivity contribution in [1.82, 2.24) is 0 Å². The van der Waals surface area contributed by atoms with Crippen LogP contribution < -0.4 is 10.5 Å². The van der Waals surface area contributed by atoms with Crippen molar-refractivity contribution in [2.24, 2.45) is 5.73 Å². The summed E-state index contributed by atoms with van der Waals surface area (Å²) in [7, 11) is 0. The van der Waals surface area contributed by atoms with Gasteiger partial charge in [-0.15, -0.1) is 0 Å². The fourth-order valence-electron chi connectivity index (χ4n) is 0.826. The molecule has 0 radical (unpaired) electrons. The number of ether oxygens (including phenoxy) is 1. The van der Waals surface area contributed by atoms with Gasteiger partial charge in [0.15, 0.2) is 0 Å². The molecule has 0 heterocycles. The maximum Gasteiger partial charge on any atom is 0.120 e. The summed E-state index contributed by atoms with van der Waals surface area (Å²) in [5.74, 6) is 0.841. The SMILES string of the molecule is CC(C)(N)COc1cccc(Br)c1. The summed E-state index contributed by atoms with van der Waals surface area (Å²) in [6.07, 6.45) is 0. The van der Waals surface area contributed by atoms with Crippen molar-refractivity contribution >= 4 is 15.9 Å². The highest BCUT2D eigenvalue weighted by Crippen LogP contribution is 2.18. The van der Waals surface area contributed by atoms with Gasteiger partial charge in [0.25, 0.3) is 0 Å². The van der Waals surface area contributed by atoms with Crippen LogP contribution in [-0.4, -0.2) is 12.1 Å². The van der Waals surface area contributed by atoms with Crippen molar-refractivity contribution in [2.75, 3.05) is 6.61 Å². The first-order chi connectivity index (χ1) is 5.97. The molecule has 0 fully saturated rings. The van der Waals surface area contributed by atoms with Crippen LogP contribution in [0.2, 0.25) is 0 Å². The normalized spacial score (nSPS) is 11.4. The van der Waals surface area contributed by atoms with Crippen molar-refractivity contribution in [3.05, 3.63) is 28.7 Å². The topological polar surface area (TPSA) is 35.2 Å². The summed E-state index contributed by atoms with van der Waals surface area (Å²) < 4.78 is 6.51. The van der Waals surface area contributed by atoms with Crippen LogP contribution in [0.5, 0.6) is 5.75 Å². The van der Waals surface area contributed by atoms with Crippen LogP contribution in [0.25, 0.3) is 0 Å². The largest absolute Gasteiger partial charge is 0.492 e. The number of nitrogens with two attached hydrogens (primary N) is 1. The molecule has 0 spiro atoms. The fourth-order valence-corrected chi connectivity index (χ4v) is 1.20. The first kappa shape index (κ1) is 10.5. The van der Waals surface area contributed by atoms with E-state index >= 15 is 0 Å². The Kier molecular flexibility index (Phi) is 3.33. The van der Waals surface area contributed by atoms with Gasteiger partial charge in [-0.1, -0.05) is 22.0 Å². The highest BCUT2D eigenvalue weighted by molar-refractivity contribution is 9.10. The smallest absolute Gasteiger partial charge is 0.120 e. The standard InChI is InChI=1S/C10H14BrNO/c1-10(2,12)7-13-9-5-3-4-8(11)6-9/h3-6H,7,12H2,1-2H3. The van der Waals surface area contributed by atoms with E-state index in [1.807, 2.05) is 38.1 Å². The molecule has 0 bridgehead atoms. The Morgan fingerprint density at radius 1 is 1.46 bits per heavy atom. The van der Waals surface area contributed by atoms with E-state index < -0.39 is 0 Å². The van der Waals surface area contributed by atoms with E-state index in [2.05, 4.69) is 15.9 Å². The van der Waals surface area contributed by atoms with E-state index in [0.29, 0.717) is 6.61 Å². The average Bonchev–Trinajstić information content (AvgIpc) is 2.00. The monoisotopic (exact) mass is 243 g/mol. The number of halogens is 1. The summed E-state index contributed by atoms with van der Waals surface area (Å²) in [6, 6.07) is 7.73. The zero-order chi connectivity index (χ0) is 9.90. The van der Waals surface area contributed by atoms with Gasteiger partial charge in [0.1, 0.15) is 12.4 Å². The molecule has 0 aliphatic rings. The first-order valence-electron chi connectivity index (χ1n) is 4.15. The second-order valence-electron chi connectivity index (χ2n) is 3.73. The quantitative estimate of drug-likeness (QED) is 0.886. The van der Waals surface area contributed by atoms with Gasteiger partial charge in [0.2, 0.25) is 0 Å². The zero-order valence-electron chi connectivity index (χ0n) is 7.88. The summed E-state index contributed by atoms with van der Waals surface area (Å²) in [5.41, 5.74) is 5.50. The lowest BCUT2D eigenvalue weighted by atomic mass is 10.1. The fraction of sp³-hybridized carbons (Fsp3) is 0.400. The Balaban J connectivity index is 2.55. The summed E-state index contributed by atoms with van der Waals surface area (Å²) >= 11 is 3.37. The molecule has 0 aliphatic heterocycles. The van der Waals surface area contributed by atoms with Crippen LogP contribution >= 0.6 is 15.9 Å². The maximum absolute atomic E-state index is 5.78. The molecule has 13 heavy (non-hydrogen) atoms. The van der Waals surface area contributed by atoms with Crippen LogP contribution in [0.4, 0.5) is 0 Å².